The SMILES string of the molecule is C=N/C=C1/C=CC=C(c2cc(Cl)ccc2F)/C1=N/c1ccc(N2CCN(C(=O)OC(C)(C)C)CC2)cc1. The van der Waals surface area contributed by atoms with Crippen molar-refractivity contribution >= 4 is 47.1 Å². The second-order valence-corrected chi connectivity index (χ2v) is 10.2. The Morgan fingerprint density at radius 1 is 1.11 bits per heavy atom. The van der Waals surface area contributed by atoms with Gasteiger partial charge in [0.15, 0.2) is 0 Å². The van der Waals surface area contributed by atoms with Gasteiger partial charge in [0.25, 0.3) is 0 Å². The first-order valence-corrected chi connectivity index (χ1v) is 12.4. The van der Waals surface area contributed by atoms with Gasteiger partial charge in [-0.3, -0.25) is 4.99 Å². The maximum Gasteiger partial charge on any atom is 0.410 e. The minimum atomic E-state index is -0.510. The highest BCUT2D eigenvalue weighted by atomic mass is 35.5. The van der Waals surface area contributed by atoms with Crippen molar-refractivity contribution in [2.75, 3.05) is 31.1 Å². The van der Waals surface area contributed by atoms with E-state index in [2.05, 4.69) is 16.6 Å². The van der Waals surface area contributed by atoms with Crippen molar-refractivity contribution in [3.8, 4) is 0 Å². The van der Waals surface area contributed by atoms with Crippen LogP contribution in [-0.4, -0.2) is 55.2 Å². The lowest BCUT2D eigenvalue weighted by Gasteiger charge is -2.36. The molecule has 0 bridgehead atoms. The van der Waals surface area contributed by atoms with E-state index in [-0.39, 0.29) is 11.9 Å². The Kier molecular flexibility index (Phi) is 7.93. The number of ether oxygens (including phenoxy) is 1. The van der Waals surface area contributed by atoms with E-state index >= 15 is 0 Å². The van der Waals surface area contributed by atoms with Gasteiger partial charge in [0.05, 0.1) is 11.4 Å². The van der Waals surface area contributed by atoms with Gasteiger partial charge >= 0.3 is 6.09 Å². The molecule has 4 rings (SSSR count). The summed E-state index contributed by atoms with van der Waals surface area (Å²) in [5.74, 6) is -0.384. The fourth-order valence-corrected chi connectivity index (χ4v) is 4.32. The fourth-order valence-electron chi connectivity index (χ4n) is 4.15. The van der Waals surface area contributed by atoms with Gasteiger partial charge in [0, 0.05) is 59.8 Å². The van der Waals surface area contributed by atoms with Crippen LogP contribution in [0.2, 0.25) is 5.02 Å². The fraction of sp³-hybridized carbons (Fsp3) is 0.276. The van der Waals surface area contributed by atoms with Gasteiger partial charge in [-0.15, -0.1) is 0 Å². The summed E-state index contributed by atoms with van der Waals surface area (Å²) >= 11 is 6.16. The first kappa shape index (κ1) is 26.4. The lowest BCUT2D eigenvalue weighted by Crippen LogP contribution is -2.50. The van der Waals surface area contributed by atoms with Gasteiger partial charge in [-0.2, -0.15) is 0 Å². The molecule has 8 heteroatoms. The second kappa shape index (κ2) is 11.1. The number of benzene rings is 2. The van der Waals surface area contributed by atoms with Crippen molar-refractivity contribution in [2.45, 2.75) is 26.4 Å². The Balaban J connectivity index is 1.53. The monoisotopic (exact) mass is 520 g/mol. The van der Waals surface area contributed by atoms with Crippen LogP contribution in [-0.2, 0) is 4.74 Å². The number of hydrogen-bond donors (Lipinski definition) is 0. The van der Waals surface area contributed by atoms with Crippen molar-refractivity contribution in [3.05, 3.63) is 88.9 Å². The molecule has 0 unspecified atom stereocenters. The Hall–Kier alpha value is -3.71. The first-order valence-electron chi connectivity index (χ1n) is 12.1. The highest BCUT2D eigenvalue weighted by Gasteiger charge is 2.26. The zero-order chi connectivity index (χ0) is 26.6. The summed E-state index contributed by atoms with van der Waals surface area (Å²) in [6.45, 7) is 11.7. The molecule has 0 N–H and O–H groups in total. The van der Waals surface area contributed by atoms with Crippen LogP contribution < -0.4 is 4.90 Å². The number of carbonyl (C=O) groups excluding carboxylic acids is 1. The number of carbonyl (C=O) groups is 1. The van der Waals surface area contributed by atoms with E-state index in [1.165, 1.54) is 12.1 Å². The zero-order valence-electron chi connectivity index (χ0n) is 21.2. The van der Waals surface area contributed by atoms with E-state index in [0.29, 0.717) is 59.3 Å². The average molecular weight is 521 g/mol. The molecule has 37 heavy (non-hydrogen) atoms. The van der Waals surface area contributed by atoms with E-state index in [4.69, 9.17) is 21.3 Å². The number of amides is 1. The molecule has 6 nitrogen and oxygen atoms in total. The third kappa shape index (κ3) is 6.54. The van der Waals surface area contributed by atoms with Gasteiger partial charge in [-0.05, 0) is 70.0 Å². The summed E-state index contributed by atoms with van der Waals surface area (Å²) in [5, 5.41) is 0.440. The molecule has 1 heterocycles. The van der Waals surface area contributed by atoms with Crippen molar-refractivity contribution in [3.63, 3.8) is 0 Å². The number of piperazine rings is 1. The van der Waals surface area contributed by atoms with Crippen LogP contribution in [0.3, 0.4) is 0 Å². The molecule has 1 fully saturated rings. The summed E-state index contributed by atoms with van der Waals surface area (Å²) in [5.41, 5.74) is 3.51. The molecule has 2 aromatic rings. The van der Waals surface area contributed by atoms with Crippen molar-refractivity contribution < 1.29 is 13.9 Å². The van der Waals surface area contributed by atoms with Gasteiger partial charge in [0.1, 0.15) is 11.4 Å². The van der Waals surface area contributed by atoms with Crippen LogP contribution in [0.4, 0.5) is 20.6 Å². The molecule has 0 atom stereocenters. The Bertz CT molecular complexity index is 1300. The van der Waals surface area contributed by atoms with Gasteiger partial charge in [-0.1, -0.05) is 29.8 Å². The number of aliphatic imine (C=N–C) groups is 2. The predicted octanol–water partition coefficient (Wildman–Crippen LogP) is 6.85. The Morgan fingerprint density at radius 3 is 2.46 bits per heavy atom. The number of allylic oxidation sites excluding steroid dienone is 5. The standard InChI is InChI=1S/C29H30ClFN4O2/c1-29(2,3)37-28(36)35-16-14-34(15-17-35)23-11-9-22(10-12-23)33-27-20(19-32-4)6-5-7-24(27)25-18-21(30)8-13-26(25)31/h5-13,18-19H,4,14-17H2,1-3H3/b20-19-,33-27+. The number of rotatable bonds is 4. The smallest absolute Gasteiger partial charge is 0.410 e. The van der Waals surface area contributed by atoms with Crippen LogP contribution in [0.15, 0.2) is 82.5 Å². The van der Waals surface area contributed by atoms with Gasteiger partial charge in [-0.25, -0.2) is 14.2 Å². The van der Waals surface area contributed by atoms with E-state index in [0.717, 1.165) is 5.69 Å². The quantitative estimate of drug-likeness (QED) is 0.414. The number of halogens is 2. The van der Waals surface area contributed by atoms with Crippen LogP contribution in [0.25, 0.3) is 5.57 Å². The molecule has 2 aromatic carbocycles. The molecule has 0 radical (unpaired) electrons. The third-order valence-electron chi connectivity index (χ3n) is 5.90. The highest BCUT2D eigenvalue weighted by molar-refractivity contribution is 6.35. The summed E-state index contributed by atoms with van der Waals surface area (Å²) in [7, 11) is 0. The van der Waals surface area contributed by atoms with Crippen molar-refractivity contribution in [1.82, 2.24) is 4.90 Å². The highest BCUT2D eigenvalue weighted by Crippen LogP contribution is 2.31. The van der Waals surface area contributed by atoms with E-state index < -0.39 is 5.60 Å². The maximum absolute atomic E-state index is 14.7. The van der Waals surface area contributed by atoms with E-state index in [9.17, 15) is 9.18 Å². The minimum absolute atomic E-state index is 0.280. The lowest BCUT2D eigenvalue weighted by molar-refractivity contribution is 0.0240. The molecule has 1 amide bonds. The molecular formula is C29H30ClFN4O2. The minimum Gasteiger partial charge on any atom is -0.444 e. The van der Waals surface area contributed by atoms with E-state index in [1.54, 1.807) is 17.2 Å². The molecule has 0 aromatic heterocycles. The van der Waals surface area contributed by atoms with Crippen LogP contribution in [0.5, 0.6) is 0 Å². The molecule has 1 aliphatic carbocycles. The molecule has 0 spiro atoms. The second-order valence-electron chi connectivity index (χ2n) is 9.76. The van der Waals surface area contributed by atoms with Crippen molar-refractivity contribution in [2.24, 2.45) is 9.98 Å². The van der Waals surface area contributed by atoms with Crippen molar-refractivity contribution in [1.29, 1.82) is 0 Å². The first-order chi connectivity index (χ1) is 17.6. The Labute approximate surface area is 222 Å². The van der Waals surface area contributed by atoms with Gasteiger partial charge in [0.2, 0.25) is 0 Å². The third-order valence-corrected chi connectivity index (χ3v) is 6.14. The predicted molar refractivity (Wildman–Crippen MR) is 150 cm³/mol. The normalized spacial score (nSPS) is 18.2. The molecule has 0 saturated carbocycles. The lowest BCUT2D eigenvalue weighted by atomic mass is 9.91. The molecular weight excluding hydrogens is 491 g/mol. The number of nitrogens with zero attached hydrogens (tertiary/aromatic N) is 4. The summed E-state index contributed by atoms with van der Waals surface area (Å²) < 4.78 is 20.2. The van der Waals surface area contributed by atoms with Crippen LogP contribution in [0, 0.1) is 5.82 Å². The molecule has 192 valence electrons. The summed E-state index contributed by atoms with van der Waals surface area (Å²) in [6, 6.07) is 12.3. The van der Waals surface area contributed by atoms with Crippen LogP contribution in [0.1, 0.15) is 26.3 Å². The maximum atomic E-state index is 14.7. The number of anilines is 1. The molecule has 1 aliphatic heterocycles. The van der Waals surface area contributed by atoms with Gasteiger partial charge < -0.3 is 14.5 Å². The van der Waals surface area contributed by atoms with Crippen LogP contribution >= 0.6 is 11.6 Å². The summed E-state index contributed by atoms with van der Waals surface area (Å²) in [4.78, 5) is 25.1. The summed E-state index contributed by atoms with van der Waals surface area (Å²) in [6.07, 6.45) is 6.82. The Morgan fingerprint density at radius 2 is 1.81 bits per heavy atom. The molecule has 1 saturated heterocycles. The number of hydrogen-bond acceptors (Lipinski definition) is 5. The zero-order valence-corrected chi connectivity index (χ0v) is 22.0. The molecule has 2 aliphatic rings. The topological polar surface area (TPSA) is 57.5 Å². The van der Waals surface area contributed by atoms with E-state index in [1.807, 2.05) is 63.3 Å². The average Bonchev–Trinajstić information content (AvgIpc) is 2.86. The largest absolute Gasteiger partial charge is 0.444 e.